The summed E-state index contributed by atoms with van der Waals surface area (Å²) in [7, 11) is -5.83. The fourth-order valence-electron chi connectivity index (χ4n) is 4.84. The monoisotopic (exact) mass is 409 g/mol. The first-order valence-corrected chi connectivity index (χ1v) is 10.3. The van der Waals surface area contributed by atoms with E-state index in [0.29, 0.717) is 11.8 Å². The van der Waals surface area contributed by atoms with Crippen molar-refractivity contribution in [2.24, 2.45) is 23.7 Å². The molecule has 0 unspecified atom stereocenters. The number of carbonyl (C=O) groups excluding carboxylic acids is 1. The number of halogens is 2. The van der Waals surface area contributed by atoms with Crippen molar-refractivity contribution >= 4 is 16.1 Å². The highest BCUT2D eigenvalue weighted by Crippen LogP contribution is 2.54. The molecule has 0 aromatic carbocycles. The molecule has 4 bridgehead atoms. The van der Waals surface area contributed by atoms with Crippen LogP contribution >= 0.6 is 0 Å². The zero-order chi connectivity index (χ0) is 19.8. The van der Waals surface area contributed by atoms with Crippen LogP contribution in [0, 0.1) is 23.7 Å². The van der Waals surface area contributed by atoms with Crippen molar-refractivity contribution in [3.8, 4) is 0 Å². The lowest BCUT2D eigenvalue weighted by molar-refractivity contribution is -0.184. The zero-order valence-corrected chi connectivity index (χ0v) is 15.6. The Morgan fingerprint density at radius 2 is 1.67 bits per heavy atom. The number of alkyl halides is 2. The molecule has 4 aliphatic rings. The highest BCUT2D eigenvalue weighted by Gasteiger charge is 2.48. The fraction of sp³-hybridized carbons (Fsp3) is 0.824. The maximum Gasteiger partial charge on any atom is 0.357 e. The molecule has 4 fully saturated rings. The summed E-state index contributed by atoms with van der Waals surface area (Å²) in [5.74, 6) is 1.71. The van der Waals surface area contributed by atoms with Gasteiger partial charge in [-0.1, -0.05) is 6.58 Å². The van der Waals surface area contributed by atoms with E-state index in [0.717, 1.165) is 37.5 Å². The maximum atomic E-state index is 12.9. The Kier molecular flexibility index (Phi) is 5.90. The summed E-state index contributed by atoms with van der Waals surface area (Å²) >= 11 is 0. The van der Waals surface area contributed by atoms with Crippen molar-refractivity contribution in [3.63, 3.8) is 0 Å². The summed E-state index contributed by atoms with van der Waals surface area (Å²) in [6.07, 6.45) is 6.02. The van der Waals surface area contributed by atoms with E-state index in [2.05, 4.69) is 11.3 Å². The standard InChI is InChI=1S/C17H24F2O7S/c1-10(7-24-8-17(18,19)27(21,22)23)16(20)26-9-25-15-13-3-11-2-12(5-13)6-14(15)4-11/h11-15H,1-9H2,(H,21,22,23)/p-1. The van der Waals surface area contributed by atoms with Gasteiger partial charge in [0.05, 0.1) is 18.3 Å². The Hall–Kier alpha value is -1.10. The molecule has 0 aromatic heterocycles. The van der Waals surface area contributed by atoms with Gasteiger partial charge in [-0.05, 0) is 55.8 Å². The minimum Gasteiger partial charge on any atom is -0.743 e. The first-order chi connectivity index (χ1) is 12.6. The van der Waals surface area contributed by atoms with Crippen LogP contribution in [0.2, 0.25) is 0 Å². The van der Waals surface area contributed by atoms with Crippen LogP contribution in [-0.4, -0.2) is 50.3 Å². The van der Waals surface area contributed by atoms with Crippen LogP contribution in [0.1, 0.15) is 32.1 Å². The van der Waals surface area contributed by atoms with Gasteiger partial charge in [0.25, 0.3) is 0 Å². The van der Waals surface area contributed by atoms with Gasteiger partial charge in [-0.3, -0.25) is 0 Å². The maximum absolute atomic E-state index is 12.9. The quantitative estimate of drug-likeness (QED) is 0.248. The van der Waals surface area contributed by atoms with Gasteiger partial charge in [0, 0.05) is 0 Å². The molecule has 27 heavy (non-hydrogen) atoms. The number of hydrogen-bond donors (Lipinski definition) is 0. The smallest absolute Gasteiger partial charge is 0.357 e. The second-order valence-electron chi connectivity index (χ2n) is 7.80. The molecule has 0 spiro atoms. The zero-order valence-electron chi connectivity index (χ0n) is 14.8. The number of ether oxygens (including phenoxy) is 3. The first-order valence-electron chi connectivity index (χ1n) is 8.94. The average Bonchev–Trinajstić information content (AvgIpc) is 2.55. The van der Waals surface area contributed by atoms with Gasteiger partial charge in [-0.2, -0.15) is 8.78 Å². The topological polar surface area (TPSA) is 102 Å². The van der Waals surface area contributed by atoms with Crippen LogP contribution in [0.15, 0.2) is 12.2 Å². The lowest BCUT2D eigenvalue weighted by Gasteiger charge is -2.53. The van der Waals surface area contributed by atoms with Crippen molar-refractivity contribution in [2.75, 3.05) is 20.0 Å². The molecule has 0 aliphatic heterocycles. The van der Waals surface area contributed by atoms with E-state index in [1.54, 1.807) is 0 Å². The van der Waals surface area contributed by atoms with Gasteiger partial charge < -0.3 is 18.8 Å². The van der Waals surface area contributed by atoms with Crippen molar-refractivity contribution in [1.82, 2.24) is 0 Å². The molecule has 154 valence electrons. The van der Waals surface area contributed by atoms with E-state index in [-0.39, 0.29) is 18.5 Å². The molecular weight excluding hydrogens is 386 g/mol. The van der Waals surface area contributed by atoms with Crippen molar-refractivity contribution < 1.29 is 40.8 Å². The van der Waals surface area contributed by atoms with Crippen LogP contribution in [0.3, 0.4) is 0 Å². The van der Waals surface area contributed by atoms with E-state index in [1.807, 2.05) is 0 Å². The van der Waals surface area contributed by atoms with Gasteiger partial charge in [-0.25, -0.2) is 13.2 Å². The fourth-order valence-corrected chi connectivity index (χ4v) is 5.07. The Labute approximate surface area is 156 Å². The third-order valence-electron chi connectivity index (χ3n) is 5.79. The molecule has 0 radical (unpaired) electrons. The Morgan fingerprint density at radius 1 is 1.11 bits per heavy atom. The van der Waals surface area contributed by atoms with Gasteiger partial charge in [0.2, 0.25) is 0 Å². The summed E-state index contributed by atoms with van der Waals surface area (Å²) in [5, 5.41) is -4.57. The Bertz CT molecular complexity index is 663. The predicted octanol–water partition coefficient (Wildman–Crippen LogP) is 2.04. The largest absolute Gasteiger partial charge is 0.743 e. The van der Waals surface area contributed by atoms with Gasteiger partial charge in [0.15, 0.2) is 16.9 Å². The SMILES string of the molecule is C=C(COCC(F)(F)S(=O)(=O)[O-])C(=O)OCOC1C2CC3CC(C2)CC1C3. The normalized spacial score (nSPS) is 32.5. The summed E-state index contributed by atoms with van der Waals surface area (Å²) in [4.78, 5) is 11.8. The van der Waals surface area contributed by atoms with Crippen LogP contribution in [0.25, 0.3) is 0 Å². The van der Waals surface area contributed by atoms with Crippen molar-refractivity contribution in [2.45, 2.75) is 43.5 Å². The van der Waals surface area contributed by atoms with Gasteiger partial charge in [-0.15, -0.1) is 0 Å². The third-order valence-corrected chi connectivity index (χ3v) is 6.64. The van der Waals surface area contributed by atoms with Crippen molar-refractivity contribution in [3.05, 3.63) is 12.2 Å². The predicted molar refractivity (Wildman–Crippen MR) is 87.5 cm³/mol. The molecule has 10 heteroatoms. The van der Waals surface area contributed by atoms with Crippen molar-refractivity contribution in [1.29, 1.82) is 0 Å². The summed E-state index contributed by atoms with van der Waals surface area (Å²) in [5.41, 5.74) is -0.275. The minimum atomic E-state index is -5.83. The molecule has 0 heterocycles. The van der Waals surface area contributed by atoms with E-state index < -0.39 is 34.6 Å². The van der Waals surface area contributed by atoms with Crippen LogP contribution in [0.4, 0.5) is 8.78 Å². The summed E-state index contributed by atoms with van der Waals surface area (Å²) in [6, 6.07) is 0. The molecule has 0 N–H and O–H groups in total. The molecule has 0 aromatic rings. The molecular formula is C17H23F2O7S-. The molecule has 4 rings (SSSR count). The molecule has 0 atom stereocenters. The van der Waals surface area contributed by atoms with Crippen LogP contribution in [-0.2, 0) is 29.1 Å². The first kappa shape index (κ1) is 20.6. The highest BCUT2D eigenvalue weighted by molar-refractivity contribution is 7.86. The van der Waals surface area contributed by atoms with Gasteiger partial charge in [0.1, 0.15) is 6.61 Å². The minimum absolute atomic E-state index is 0.0797. The number of hydrogen-bond acceptors (Lipinski definition) is 7. The highest BCUT2D eigenvalue weighted by atomic mass is 32.2. The van der Waals surface area contributed by atoms with E-state index in [1.165, 1.54) is 6.42 Å². The molecule has 0 amide bonds. The van der Waals surface area contributed by atoms with E-state index >= 15 is 0 Å². The Balaban J connectivity index is 1.36. The number of rotatable bonds is 9. The summed E-state index contributed by atoms with van der Waals surface area (Å²) in [6.45, 7) is 0.757. The van der Waals surface area contributed by atoms with Crippen LogP contribution in [0.5, 0.6) is 0 Å². The van der Waals surface area contributed by atoms with Gasteiger partial charge >= 0.3 is 11.2 Å². The third kappa shape index (κ3) is 4.67. The lowest BCUT2D eigenvalue weighted by Crippen LogP contribution is -2.49. The van der Waals surface area contributed by atoms with E-state index in [4.69, 9.17) is 9.47 Å². The molecule has 4 saturated carbocycles. The average molecular weight is 409 g/mol. The number of esters is 1. The van der Waals surface area contributed by atoms with E-state index in [9.17, 15) is 26.5 Å². The Morgan fingerprint density at radius 3 is 2.19 bits per heavy atom. The number of carbonyl (C=O) groups is 1. The second-order valence-corrected chi connectivity index (χ2v) is 9.30. The van der Waals surface area contributed by atoms with Crippen LogP contribution < -0.4 is 0 Å². The molecule has 0 saturated heterocycles. The lowest BCUT2D eigenvalue weighted by atomic mass is 9.55. The second kappa shape index (κ2) is 7.73. The molecule has 7 nitrogen and oxygen atoms in total. The molecule has 4 aliphatic carbocycles. The summed E-state index contributed by atoms with van der Waals surface area (Å²) < 4.78 is 72.1.